The van der Waals surface area contributed by atoms with Crippen LogP contribution in [0, 0.1) is 5.92 Å². The Morgan fingerprint density at radius 1 is 1.09 bits per heavy atom. The first-order chi connectivity index (χ1) is 15.7. The zero-order chi connectivity index (χ0) is 24.0. The summed E-state index contributed by atoms with van der Waals surface area (Å²) in [6.07, 6.45) is 1.66. The maximum absolute atomic E-state index is 12.6. The third-order valence-electron chi connectivity index (χ3n) is 4.94. The van der Waals surface area contributed by atoms with Crippen LogP contribution < -0.4 is 25.4 Å². The Labute approximate surface area is 194 Å². The van der Waals surface area contributed by atoms with E-state index in [1.165, 1.54) is 25.3 Å². The Bertz CT molecular complexity index is 1110. The third kappa shape index (κ3) is 6.93. The Balaban J connectivity index is 1.67. The Morgan fingerprint density at radius 3 is 2.48 bits per heavy atom. The molecular formula is C23H30N4O5S. The summed E-state index contributed by atoms with van der Waals surface area (Å²) in [5.74, 6) is 0.0383. The van der Waals surface area contributed by atoms with Gasteiger partial charge in [-0.25, -0.2) is 13.1 Å². The minimum atomic E-state index is -3.65. The number of carbonyl (C=O) groups excluding carboxylic acids is 2. The van der Waals surface area contributed by atoms with Crippen molar-refractivity contribution in [2.24, 2.45) is 5.92 Å². The molecule has 1 aliphatic carbocycles. The lowest BCUT2D eigenvalue weighted by Gasteiger charge is -2.15. The van der Waals surface area contributed by atoms with Crippen molar-refractivity contribution >= 4 is 33.2 Å². The quantitative estimate of drug-likeness (QED) is 0.397. The van der Waals surface area contributed by atoms with Crippen molar-refractivity contribution < 1.29 is 22.7 Å². The smallest absolute Gasteiger partial charge is 0.253 e. The number of sulfonamides is 1. The molecule has 0 unspecified atom stereocenters. The first-order valence-corrected chi connectivity index (χ1v) is 12.3. The van der Waals surface area contributed by atoms with Crippen molar-refractivity contribution in [2.45, 2.75) is 37.6 Å². The van der Waals surface area contributed by atoms with Crippen LogP contribution in [0.5, 0.6) is 5.75 Å². The van der Waals surface area contributed by atoms with Crippen LogP contribution >= 0.6 is 0 Å². The Morgan fingerprint density at radius 2 is 1.82 bits per heavy atom. The van der Waals surface area contributed by atoms with Crippen molar-refractivity contribution in [1.29, 1.82) is 0 Å². The second-order valence-electron chi connectivity index (χ2n) is 8.31. The van der Waals surface area contributed by atoms with Crippen LogP contribution in [-0.4, -0.2) is 46.5 Å². The fraction of sp³-hybridized carbons (Fsp3) is 0.391. The average Bonchev–Trinajstić information content (AvgIpc) is 3.59. The highest BCUT2D eigenvalue weighted by Crippen LogP contribution is 2.29. The second kappa shape index (κ2) is 10.7. The molecule has 9 nitrogen and oxygen atoms in total. The molecule has 0 heterocycles. The highest BCUT2D eigenvalue weighted by Gasteiger charge is 2.28. The lowest BCUT2D eigenvalue weighted by Crippen LogP contribution is -2.29. The molecule has 0 bridgehead atoms. The van der Waals surface area contributed by atoms with Gasteiger partial charge in [0.1, 0.15) is 5.75 Å². The zero-order valence-corrected chi connectivity index (χ0v) is 19.8. The van der Waals surface area contributed by atoms with Crippen molar-refractivity contribution in [3.05, 3.63) is 48.0 Å². The summed E-state index contributed by atoms with van der Waals surface area (Å²) in [5, 5.41) is 8.49. The summed E-state index contributed by atoms with van der Waals surface area (Å²) < 4.78 is 32.9. The number of para-hydroxylation sites is 1. The van der Waals surface area contributed by atoms with E-state index in [9.17, 15) is 18.0 Å². The zero-order valence-electron chi connectivity index (χ0n) is 19.0. The highest BCUT2D eigenvalue weighted by atomic mass is 32.2. The van der Waals surface area contributed by atoms with Gasteiger partial charge >= 0.3 is 0 Å². The number of carbonyl (C=O) groups is 2. The third-order valence-corrected chi connectivity index (χ3v) is 6.45. The van der Waals surface area contributed by atoms with E-state index in [2.05, 4.69) is 20.7 Å². The molecule has 2 aromatic carbocycles. The molecule has 2 aromatic rings. The van der Waals surface area contributed by atoms with E-state index >= 15 is 0 Å². The standard InChI is InChI=1S/C23H30N4O5S/c1-15(2)13-25-23(29)18-6-4-5-7-19(18)26-22(28)14-24-20-12-17(10-11-21(20)32-3)33(30,31)27-16-8-9-16/h4-7,10-12,15-16,24,27H,8-9,13-14H2,1-3H3,(H,25,29)(H,26,28). The van der Waals surface area contributed by atoms with Gasteiger partial charge in [-0.1, -0.05) is 26.0 Å². The molecule has 0 atom stereocenters. The predicted octanol–water partition coefficient (Wildman–Crippen LogP) is 2.57. The maximum Gasteiger partial charge on any atom is 0.253 e. The van der Waals surface area contributed by atoms with Crippen LogP contribution in [-0.2, 0) is 14.8 Å². The van der Waals surface area contributed by atoms with Gasteiger partial charge in [-0.3, -0.25) is 9.59 Å². The summed E-state index contributed by atoms with van der Waals surface area (Å²) in [7, 11) is -2.19. The van der Waals surface area contributed by atoms with Crippen LogP contribution in [0.3, 0.4) is 0 Å². The fourth-order valence-corrected chi connectivity index (χ4v) is 4.36. The molecule has 10 heteroatoms. The van der Waals surface area contributed by atoms with E-state index in [0.29, 0.717) is 35.2 Å². The van der Waals surface area contributed by atoms with E-state index in [0.717, 1.165) is 12.8 Å². The van der Waals surface area contributed by atoms with Gasteiger partial charge in [0.05, 0.1) is 35.5 Å². The monoisotopic (exact) mass is 474 g/mol. The number of ether oxygens (including phenoxy) is 1. The van der Waals surface area contributed by atoms with Gasteiger partial charge in [0.2, 0.25) is 15.9 Å². The van der Waals surface area contributed by atoms with Gasteiger partial charge in [-0.2, -0.15) is 0 Å². The fourth-order valence-electron chi connectivity index (χ4n) is 3.03. The number of nitrogens with one attached hydrogen (secondary N) is 4. The van der Waals surface area contributed by atoms with Gasteiger partial charge in [0.25, 0.3) is 5.91 Å². The van der Waals surface area contributed by atoms with Crippen LogP contribution in [0.15, 0.2) is 47.4 Å². The molecule has 4 N–H and O–H groups in total. The van der Waals surface area contributed by atoms with Crippen molar-refractivity contribution in [3.8, 4) is 5.75 Å². The summed E-state index contributed by atoms with van der Waals surface area (Å²) in [4.78, 5) is 25.1. The van der Waals surface area contributed by atoms with Gasteiger partial charge < -0.3 is 20.7 Å². The van der Waals surface area contributed by atoms with Crippen molar-refractivity contribution in [2.75, 3.05) is 30.8 Å². The number of benzene rings is 2. The summed E-state index contributed by atoms with van der Waals surface area (Å²) >= 11 is 0. The second-order valence-corrected chi connectivity index (χ2v) is 10.0. The lowest BCUT2D eigenvalue weighted by molar-refractivity contribution is -0.114. The van der Waals surface area contributed by atoms with Crippen LogP contribution in [0.1, 0.15) is 37.0 Å². The van der Waals surface area contributed by atoms with E-state index in [4.69, 9.17) is 4.74 Å². The van der Waals surface area contributed by atoms with Gasteiger partial charge in [-0.15, -0.1) is 0 Å². The van der Waals surface area contributed by atoms with E-state index in [1.807, 2.05) is 13.8 Å². The van der Waals surface area contributed by atoms with Crippen LogP contribution in [0.25, 0.3) is 0 Å². The summed E-state index contributed by atoms with van der Waals surface area (Å²) in [6.45, 7) is 4.36. The molecular weight excluding hydrogens is 444 g/mol. The van der Waals surface area contributed by atoms with Gasteiger partial charge in [0, 0.05) is 12.6 Å². The number of methoxy groups -OCH3 is 1. The lowest BCUT2D eigenvalue weighted by atomic mass is 10.1. The average molecular weight is 475 g/mol. The van der Waals surface area contributed by atoms with E-state index in [1.54, 1.807) is 24.3 Å². The summed E-state index contributed by atoms with van der Waals surface area (Å²) in [5.41, 5.74) is 1.13. The number of anilines is 2. The van der Waals surface area contributed by atoms with Gasteiger partial charge in [0.15, 0.2) is 0 Å². The maximum atomic E-state index is 12.6. The van der Waals surface area contributed by atoms with E-state index in [-0.39, 0.29) is 23.4 Å². The summed E-state index contributed by atoms with van der Waals surface area (Å²) in [6, 6.07) is 11.2. The SMILES string of the molecule is COc1ccc(S(=O)(=O)NC2CC2)cc1NCC(=O)Nc1ccccc1C(=O)NCC(C)C. The Kier molecular flexibility index (Phi) is 7.93. The molecule has 0 spiro atoms. The molecule has 0 saturated heterocycles. The molecule has 33 heavy (non-hydrogen) atoms. The molecule has 1 saturated carbocycles. The van der Waals surface area contributed by atoms with Crippen LogP contribution in [0.2, 0.25) is 0 Å². The largest absolute Gasteiger partial charge is 0.495 e. The van der Waals surface area contributed by atoms with Crippen molar-refractivity contribution in [3.63, 3.8) is 0 Å². The number of rotatable bonds is 11. The van der Waals surface area contributed by atoms with Crippen LogP contribution in [0.4, 0.5) is 11.4 Å². The molecule has 2 amide bonds. The number of amides is 2. The molecule has 1 fully saturated rings. The molecule has 0 radical (unpaired) electrons. The van der Waals surface area contributed by atoms with Gasteiger partial charge in [-0.05, 0) is 49.1 Å². The highest BCUT2D eigenvalue weighted by molar-refractivity contribution is 7.89. The first-order valence-electron chi connectivity index (χ1n) is 10.8. The first kappa shape index (κ1) is 24.5. The predicted molar refractivity (Wildman–Crippen MR) is 127 cm³/mol. The molecule has 0 aliphatic heterocycles. The minimum absolute atomic E-state index is 0.0166. The topological polar surface area (TPSA) is 126 Å². The molecule has 1 aliphatic rings. The van der Waals surface area contributed by atoms with Crippen molar-refractivity contribution in [1.82, 2.24) is 10.0 Å². The van der Waals surface area contributed by atoms with E-state index < -0.39 is 15.9 Å². The molecule has 178 valence electrons. The number of hydrogen-bond acceptors (Lipinski definition) is 6. The Hall–Kier alpha value is -3.11. The molecule has 0 aromatic heterocycles. The normalized spacial score (nSPS) is 13.5. The minimum Gasteiger partial charge on any atom is -0.495 e. The molecule has 3 rings (SSSR count). The number of hydrogen-bond donors (Lipinski definition) is 4.